The fraction of sp³-hybridized carbons (Fsp3) is 0.600. The number of benzene rings is 1. The molecular weight excluding hydrogens is 282 g/mol. The van der Waals surface area contributed by atoms with Gasteiger partial charge in [-0.3, -0.25) is 4.90 Å². The van der Waals surface area contributed by atoms with Crippen LogP contribution in [0.15, 0.2) is 12.1 Å². The van der Waals surface area contributed by atoms with Crippen molar-refractivity contribution in [3.63, 3.8) is 0 Å². The van der Waals surface area contributed by atoms with Crippen LogP contribution in [0.1, 0.15) is 37.8 Å². The molecule has 0 spiro atoms. The fourth-order valence-electron chi connectivity index (χ4n) is 2.75. The zero-order chi connectivity index (χ0) is 14.5. The summed E-state index contributed by atoms with van der Waals surface area (Å²) < 4.78 is 27.8. The average molecular weight is 303 g/mol. The minimum atomic E-state index is -0.542. The molecular formula is C15H21ClF2N2. The Bertz CT molecular complexity index is 448. The lowest BCUT2D eigenvalue weighted by Gasteiger charge is -2.36. The first-order valence-corrected chi connectivity index (χ1v) is 7.61. The molecule has 2 nitrogen and oxygen atoms in total. The molecule has 20 heavy (non-hydrogen) atoms. The largest absolute Gasteiger partial charge is 0.314 e. The third-order valence-corrected chi connectivity index (χ3v) is 4.22. The molecule has 0 bridgehead atoms. The molecule has 1 saturated heterocycles. The van der Waals surface area contributed by atoms with Crippen molar-refractivity contribution < 1.29 is 8.78 Å². The normalized spacial score (nSPS) is 18.2. The van der Waals surface area contributed by atoms with E-state index in [9.17, 15) is 8.78 Å². The van der Waals surface area contributed by atoms with Crippen LogP contribution in [0.3, 0.4) is 0 Å². The highest BCUT2D eigenvalue weighted by atomic mass is 35.5. The van der Waals surface area contributed by atoms with Crippen molar-refractivity contribution in [1.29, 1.82) is 0 Å². The van der Waals surface area contributed by atoms with Crippen LogP contribution in [-0.2, 0) is 0 Å². The van der Waals surface area contributed by atoms with Gasteiger partial charge in [-0.2, -0.15) is 0 Å². The summed E-state index contributed by atoms with van der Waals surface area (Å²) >= 11 is 6.03. The Morgan fingerprint density at radius 2 is 1.90 bits per heavy atom. The third kappa shape index (κ3) is 3.48. The highest BCUT2D eigenvalue weighted by Gasteiger charge is 2.27. The predicted molar refractivity (Wildman–Crippen MR) is 78.1 cm³/mol. The summed E-state index contributed by atoms with van der Waals surface area (Å²) in [7, 11) is 0. The van der Waals surface area contributed by atoms with Gasteiger partial charge in [-0.1, -0.05) is 31.4 Å². The summed E-state index contributed by atoms with van der Waals surface area (Å²) in [5.41, 5.74) is 0.321. The second-order valence-corrected chi connectivity index (χ2v) is 5.58. The zero-order valence-electron chi connectivity index (χ0n) is 11.8. The smallest absolute Gasteiger partial charge is 0.142 e. The van der Waals surface area contributed by atoms with Crippen molar-refractivity contribution in [2.45, 2.75) is 32.2 Å². The van der Waals surface area contributed by atoms with E-state index in [-0.39, 0.29) is 11.1 Å². The lowest BCUT2D eigenvalue weighted by atomic mass is 9.98. The van der Waals surface area contributed by atoms with Gasteiger partial charge in [0.15, 0.2) is 0 Å². The van der Waals surface area contributed by atoms with Gasteiger partial charge in [0, 0.05) is 37.8 Å². The molecule has 1 aromatic rings. The van der Waals surface area contributed by atoms with Gasteiger partial charge < -0.3 is 5.32 Å². The standard InChI is InChI=1S/C15H21ClF2N2/c1-2-3-4-13(20-9-7-19-8-10-20)14-11(17)5-6-12(18)15(14)16/h5-6,13,19H,2-4,7-10H2,1H3/t13-/m0/s1. The minimum absolute atomic E-state index is 0.0652. The number of nitrogens with zero attached hydrogens (tertiary/aromatic N) is 1. The van der Waals surface area contributed by atoms with Crippen LogP contribution in [0.25, 0.3) is 0 Å². The van der Waals surface area contributed by atoms with Gasteiger partial charge >= 0.3 is 0 Å². The molecule has 0 amide bonds. The van der Waals surface area contributed by atoms with E-state index in [1.807, 2.05) is 0 Å². The fourth-order valence-corrected chi connectivity index (χ4v) is 3.03. The number of piperazine rings is 1. The maximum Gasteiger partial charge on any atom is 0.142 e. The SMILES string of the molecule is CCCC[C@@H](c1c(F)ccc(F)c1Cl)N1CCNCC1. The van der Waals surface area contributed by atoms with E-state index < -0.39 is 11.6 Å². The van der Waals surface area contributed by atoms with Crippen LogP contribution in [0.4, 0.5) is 8.78 Å². The molecule has 0 radical (unpaired) electrons. The molecule has 0 saturated carbocycles. The second-order valence-electron chi connectivity index (χ2n) is 5.20. The Kier molecular flexibility index (Phi) is 5.75. The van der Waals surface area contributed by atoms with Crippen molar-refractivity contribution in [2.75, 3.05) is 26.2 Å². The van der Waals surface area contributed by atoms with Crippen LogP contribution in [0.2, 0.25) is 5.02 Å². The van der Waals surface area contributed by atoms with E-state index in [0.29, 0.717) is 5.56 Å². The molecule has 1 aromatic carbocycles. The Morgan fingerprint density at radius 3 is 2.55 bits per heavy atom. The average Bonchev–Trinajstić information content (AvgIpc) is 2.47. The van der Waals surface area contributed by atoms with E-state index in [1.54, 1.807) is 0 Å². The Labute approximate surface area is 124 Å². The van der Waals surface area contributed by atoms with Gasteiger partial charge in [0.05, 0.1) is 5.02 Å². The number of nitrogens with one attached hydrogen (secondary N) is 1. The third-order valence-electron chi connectivity index (χ3n) is 3.84. The van der Waals surface area contributed by atoms with Gasteiger partial charge in [0.25, 0.3) is 0 Å². The maximum absolute atomic E-state index is 14.2. The Hall–Kier alpha value is -0.710. The van der Waals surface area contributed by atoms with Gasteiger partial charge in [-0.25, -0.2) is 8.78 Å². The lowest BCUT2D eigenvalue weighted by molar-refractivity contribution is 0.160. The molecule has 0 aromatic heterocycles. The van der Waals surface area contributed by atoms with Crippen LogP contribution >= 0.6 is 11.6 Å². The summed E-state index contributed by atoms with van der Waals surface area (Å²) in [5, 5.41) is 3.21. The van der Waals surface area contributed by atoms with E-state index in [2.05, 4.69) is 17.1 Å². The zero-order valence-corrected chi connectivity index (χ0v) is 12.5. The molecule has 112 valence electrons. The van der Waals surface area contributed by atoms with E-state index >= 15 is 0 Å². The molecule has 1 N–H and O–H groups in total. The molecule has 0 aliphatic carbocycles. The van der Waals surface area contributed by atoms with Gasteiger partial charge in [0.1, 0.15) is 11.6 Å². The molecule has 5 heteroatoms. The molecule has 1 fully saturated rings. The number of rotatable bonds is 5. The highest BCUT2D eigenvalue weighted by molar-refractivity contribution is 6.31. The summed E-state index contributed by atoms with van der Waals surface area (Å²) in [6, 6.07) is 2.13. The minimum Gasteiger partial charge on any atom is -0.314 e. The van der Waals surface area contributed by atoms with Crippen LogP contribution < -0.4 is 5.32 Å². The van der Waals surface area contributed by atoms with Crippen molar-refractivity contribution >= 4 is 11.6 Å². The summed E-state index contributed by atoms with van der Waals surface area (Å²) in [5.74, 6) is -0.948. The topological polar surface area (TPSA) is 15.3 Å². The first-order chi connectivity index (χ1) is 9.65. The van der Waals surface area contributed by atoms with Gasteiger partial charge in [0.2, 0.25) is 0 Å². The van der Waals surface area contributed by atoms with Crippen molar-refractivity contribution in [2.24, 2.45) is 0 Å². The highest BCUT2D eigenvalue weighted by Crippen LogP contribution is 2.35. The predicted octanol–water partition coefficient (Wildman–Crippen LogP) is 3.75. The molecule has 0 unspecified atom stereocenters. The number of hydrogen-bond acceptors (Lipinski definition) is 2. The van der Waals surface area contributed by atoms with Crippen molar-refractivity contribution in [1.82, 2.24) is 10.2 Å². The van der Waals surface area contributed by atoms with Gasteiger partial charge in [-0.15, -0.1) is 0 Å². The monoisotopic (exact) mass is 302 g/mol. The van der Waals surface area contributed by atoms with E-state index in [1.165, 1.54) is 6.07 Å². The Morgan fingerprint density at radius 1 is 1.25 bits per heavy atom. The van der Waals surface area contributed by atoms with Crippen LogP contribution in [-0.4, -0.2) is 31.1 Å². The van der Waals surface area contributed by atoms with E-state index in [4.69, 9.17) is 11.6 Å². The Balaban J connectivity index is 2.32. The maximum atomic E-state index is 14.2. The lowest BCUT2D eigenvalue weighted by Crippen LogP contribution is -2.45. The molecule has 1 aliphatic heterocycles. The van der Waals surface area contributed by atoms with Crippen LogP contribution in [0, 0.1) is 11.6 Å². The number of halogens is 3. The molecule has 2 rings (SSSR count). The van der Waals surface area contributed by atoms with Crippen LogP contribution in [0.5, 0.6) is 0 Å². The van der Waals surface area contributed by atoms with Crippen molar-refractivity contribution in [3.8, 4) is 0 Å². The number of unbranched alkanes of at least 4 members (excludes halogenated alkanes) is 1. The quantitative estimate of drug-likeness (QED) is 0.833. The number of hydrogen-bond donors (Lipinski definition) is 1. The summed E-state index contributed by atoms with van der Waals surface area (Å²) in [6.07, 6.45) is 2.80. The second kappa shape index (κ2) is 7.34. The molecule has 1 aliphatic rings. The summed E-state index contributed by atoms with van der Waals surface area (Å²) in [4.78, 5) is 2.20. The first kappa shape index (κ1) is 15.7. The van der Waals surface area contributed by atoms with Gasteiger partial charge in [-0.05, 0) is 18.6 Å². The first-order valence-electron chi connectivity index (χ1n) is 7.23. The van der Waals surface area contributed by atoms with E-state index in [0.717, 1.165) is 51.5 Å². The molecule has 1 atom stereocenters. The summed E-state index contributed by atoms with van der Waals surface area (Å²) in [6.45, 7) is 5.51. The van der Waals surface area contributed by atoms with Crippen molar-refractivity contribution in [3.05, 3.63) is 34.4 Å². The molecule has 1 heterocycles.